The number of fused-ring (bicyclic) bond motifs is 1. The molecule has 0 aliphatic carbocycles. The number of carbonyl (C=O) groups excluding carboxylic acids is 1. The Labute approximate surface area is 189 Å². The lowest BCUT2D eigenvalue weighted by Gasteiger charge is -2.24. The Morgan fingerprint density at radius 1 is 0.853 bits per heavy atom. The maximum Gasteiger partial charge on any atom is 0.416 e. The summed E-state index contributed by atoms with van der Waals surface area (Å²) in [5.41, 5.74) is -0.647. The number of aromatic nitrogens is 1. The second-order valence-electron chi connectivity index (χ2n) is 7.95. The molecule has 1 aliphatic rings. The van der Waals surface area contributed by atoms with E-state index in [1.54, 1.807) is 24.4 Å². The lowest BCUT2D eigenvalue weighted by Crippen LogP contribution is -2.29. The second-order valence-corrected chi connectivity index (χ2v) is 7.95. The van der Waals surface area contributed by atoms with E-state index < -0.39 is 41.7 Å². The topological polar surface area (TPSA) is 33.2 Å². The van der Waals surface area contributed by atoms with Crippen LogP contribution in [-0.4, -0.2) is 15.8 Å². The monoisotopic (exact) mass is 482 g/mol. The molecule has 34 heavy (non-hydrogen) atoms. The summed E-state index contributed by atoms with van der Waals surface area (Å²) in [4.78, 5) is 18.3. The molecule has 0 bridgehead atoms. The van der Waals surface area contributed by atoms with Gasteiger partial charge in [-0.25, -0.2) is 4.39 Å². The van der Waals surface area contributed by atoms with E-state index in [1.165, 1.54) is 17.0 Å². The van der Waals surface area contributed by atoms with Crippen molar-refractivity contribution in [1.29, 1.82) is 0 Å². The number of amides is 1. The van der Waals surface area contributed by atoms with Crippen LogP contribution in [0.5, 0.6) is 0 Å². The van der Waals surface area contributed by atoms with Crippen LogP contribution in [0.1, 0.15) is 34.4 Å². The van der Waals surface area contributed by atoms with Gasteiger partial charge >= 0.3 is 12.4 Å². The fourth-order valence-electron chi connectivity index (χ4n) is 3.97. The summed E-state index contributed by atoms with van der Waals surface area (Å²) in [5.74, 6) is -0.861. The third-order valence-electron chi connectivity index (χ3n) is 5.60. The van der Waals surface area contributed by atoms with Crippen LogP contribution < -0.4 is 0 Å². The number of halogens is 7. The molecule has 0 saturated carbocycles. The number of carbonyl (C=O) groups is 1. The zero-order valence-corrected chi connectivity index (χ0v) is 17.5. The van der Waals surface area contributed by atoms with Gasteiger partial charge in [-0.05, 0) is 59.5 Å². The van der Waals surface area contributed by atoms with E-state index in [0.717, 1.165) is 0 Å². The van der Waals surface area contributed by atoms with Crippen LogP contribution in [0.15, 0.2) is 54.7 Å². The molecule has 0 radical (unpaired) electrons. The van der Waals surface area contributed by atoms with Crippen molar-refractivity contribution in [3.63, 3.8) is 0 Å². The molecule has 2 aromatic carbocycles. The van der Waals surface area contributed by atoms with Gasteiger partial charge in [0.05, 0.1) is 11.1 Å². The molecule has 178 valence electrons. The molecule has 0 spiro atoms. The lowest BCUT2D eigenvalue weighted by atomic mass is 9.98. The van der Waals surface area contributed by atoms with Crippen molar-refractivity contribution in [3.8, 4) is 11.1 Å². The third kappa shape index (κ3) is 5.05. The van der Waals surface area contributed by atoms with E-state index in [0.29, 0.717) is 34.5 Å². The van der Waals surface area contributed by atoms with Crippen molar-refractivity contribution >= 4 is 5.91 Å². The fraction of sp³-hybridized carbons (Fsp3) is 0.250. The van der Waals surface area contributed by atoms with Crippen LogP contribution in [-0.2, 0) is 36.7 Å². The quantitative estimate of drug-likeness (QED) is 0.405. The maximum absolute atomic E-state index is 13.4. The van der Waals surface area contributed by atoms with Crippen LogP contribution in [0.25, 0.3) is 11.1 Å². The van der Waals surface area contributed by atoms with Gasteiger partial charge in [0.2, 0.25) is 5.91 Å². The van der Waals surface area contributed by atoms with Crippen molar-refractivity contribution in [1.82, 2.24) is 9.88 Å². The normalized spacial score (nSPS) is 14.7. The van der Waals surface area contributed by atoms with E-state index in [2.05, 4.69) is 4.98 Å². The van der Waals surface area contributed by atoms with Crippen molar-refractivity contribution in [2.45, 2.75) is 38.3 Å². The van der Waals surface area contributed by atoms with Crippen LogP contribution in [0, 0.1) is 5.82 Å². The van der Waals surface area contributed by atoms with Gasteiger partial charge in [0, 0.05) is 37.0 Å². The van der Waals surface area contributed by atoms with Crippen molar-refractivity contribution in [2.24, 2.45) is 0 Å². The smallest absolute Gasteiger partial charge is 0.334 e. The summed E-state index contributed by atoms with van der Waals surface area (Å²) in [6.07, 6.45) is -8.16. The maximum atomic E-state index is 13.4. The SMILES string of the molecule is O=C1CCc2nccc(-c3ccc(F)cc3)c2CN1Cc1cc(C(F)(F)F)cc(C(F)(F)F)c1. The lowest BCUT2D eigenvalue weighted by molar-refractivity contribution is -0.143. The summed E-state index contributed by atoms with van der Waals surface area (Å²) in [6, 6.07) is 8.60. The van der Waals surface area contributed by atoms with E-state index in [4.69, 9.17) is 0 Å². The second kappa shape index (κ2) is 8.73. The molecule has 4 rings (SSSR count). The molecule has 10 heteroatoms. The van der Waals surface area contributed by atoms with Crippen molar-refractivity contribution in [3.05, 3.63) is 88.5 Å². The summed E-state index contributed by atoms with van der Waals surface area (Å²) in [7, 11) is 0. The van der Waals surface area contributed by atoms with Gasteiger partial charge in [-0.15, -0.1) is 0 Å². The molecule has 0 saturated heterocycles. The van der Waals surface area contributed by atoms with Crippen LogP contribution >= 0.6 is 0 Å². The van der Waals surface area contributed by atoms with Gasteiger partial charge in [0.1, 0.15) is 5.82 Å². The molecule has 2 heterocycles. The summed E-state index contributed by atoms with van der Waals surface area (Å²) < 4.78 is 92.8. The predicted molar refractivity (Wildman–Crippen MR) is 109 cm³/mol. The number of rotatable bonds is 3. The molecule has 1 aromatic heterocycles. The van der Waals surface area contributed by atoms with E-state index in [-0.39, 0.29) is 31.0 Å². The molecule has 0 unspecified atom stereocenters. The highest BCUT2D eigenvalue weighted by Gasteiger charge is 2.37. The largest absolute Gasteiger partial charge is 0.416 e. The number of hydrogen-bond acceptors (Lipinski definition) is 2. The van der Waals surface area contributed by atoms with Crippen LogP contribution in [0.3, 0.4) is 0 Å². The Kier molecular flexibility index (Phi) is 6.09. The molecule has 0 N–H and O–H groups in total. The van der Waals surface area contributed by atoms with Gasteiger partial charge < -0.3 is 4.90 Å². The first-order valence-electron chi connectivity index (χ1n) is 10.2. The Balaban J connectivity index is 1.72. The van der Waals surface area contributed by atoms with Gasteiger partial charge in [-0.3, -0.25) is 9.78 Å². The van der Waals surface area contributed by atoms with E-state index in [9.17, 15) is 35.5 Å². The van der Waals surface area contributed by atoms with E-state index >= 15 is 0 Å². The summed E-state index contributed by atoms with van der Waals surface area (Å²) in [6.45, 7) is -0.505. The summed E-state index contributed by atoms with van der Waals surface area (Å²) >= 11 is 0. The van der Waals surface area contributed by atoms with Gasteiger partial charge in [-0.2, -0.15) is 26.3 Å². The average molecular weight is 482 g/mol. The first kappa shape index (κ1) is 23.7. The van der Waals surface area contributed by atoms with Crippen LogP contribution in [0.4, 0.5) is 30.7 Å². The van der Waals surface area contributed by atoms with Gasteiger partial charge in [-0.1, -0.05) is 12.1 Å². The highest BCUT2D eigenvalue weighted by Crippen LogP contribution is 2.37. The third-order valence-corrected chi connectivity index (χ3v) is 5.60. The molecular weight excluding hydrogens is 465 g/mol. The highest BCUT2D eigenvalue weighted by molar-refractivity contribution is 5.78. The highest BCUT2D eigenvalue weighted by atomic mass is 19.4. The average Bonchev–Trinajstić information content (AvgIpc) is 2.92. The Morgan fingerprint density at radius 2 is 1.47 bits per heavy atom. The summed E-state index contributed by atoms with van der Waals surface area (Å²) in [5, 5.41) is 0. The first-order valence-corrected chi connectivity index (χ1v) is 10.2. The molecule has 1 aliphatic heterocycles. The zero-order valence-electron chi connectivity index (χ0n) is 17.5. The minimum Gasteiger partial charge on any atom is -0.334 e. The number of alkyl halides is 6. The van der Waals surface area contributed by atoms with E-state index in [1.807, 2.05) is 0 Å². The minimum atomic E-state index is -4.98. The minimum absolute atomic E-state index is 0.00202. The number of aryl methyl sites for hydroxylation is 1. The molecule has 3 aromatic rings. The molecule has 0 atom stereocenters. The molecule has 3 nitrogen and oxygen atoms in total. The predicted octanol–water partition coefficient (Wildman–Crippen LogP) is 6.40. The Hall–Kier alpha value is -3.43. The standard InChI is InChI=1S/C24H17F7N2O/c25-18-3-1-15(2-4-18)19-7-8-32-21-5-6-22(34)33(13-20(19)21)12-14-9-16(23(26,27)28)11-17(10-14)24(29,30)31/h1-4,7-11H,5-6,12-13H2. The number of hydrogen-bond donors (Lipinski definition) is 0. The Bertz CT molecular complexity index is 1190. The zero-order chi connectivity index (χ0) is 24.7. The fourth-order valence-corrected chi connectivity index (χ4v) is 3.97. The number of nitrogens with zero attached hydrogens (tertiary/aromatic N) is 2. The number of pyridine rings is 1. The number of benzene rings is 2. The van der Waals surface area contributed by atoms with Gasteiger partial charge in [0.15, 0.2) is 0 Å². The molecule has 1 amide bonds. The molecule has 0 fully saturated rings. The van der Waals surface area contributed by atoms with Gasteiger partial charge in [0.25, 0.3) is 0 Å². The van der Waals surface area contributed by atoms with Crippen molar-refractivity contribution in [2.75, 3.05) is 0 Å². The van der Waals surface area contributed by atoms with Crippen molar-refractivity contribution < 1.29 is 35.5 Å². The Morgan fingerprint density at radius 3 is 2.06 bits per heavy atom. The van der Waals surface area contributed by atoms with Crippen LogP contribution in [0.2, 0.25) is 0 Å². The first-order chi connectivity index (χ1) is 15.9. The molecular formula is C24H17F7N2O.